The van der Waals surface area contributed by atoms with E-state index < -0.39 is 0 Å². The van der Waals surface area contributed by atoms with Crippen molar-refractivity contribution in [2.45, 2.75) is 39.2 Å². The van der Waals surface area contributed by atoms with Crippen LogP contribution in [0.1, 0.15) is 32.3 Å². The van der Waals surface area contributed by atoms with Crippen molar-refractivity contribution < 1.29 is 4.79 Å². The van der Waals surface area contributed by atoms with Gasteiger partial charge in [-0.3, -0.25) is 4.79 Å². The molecule has 0 fully saturated rings. The van der Waals surface area contributed by atoms with E-state index in [2.05, 4.69) is 30.5 Å². The Morgan fingerprint density at radius 2 is 2.28 bits per heavy atom. The Morgan fingerprint density at radius 1 is 1.50 bits per heavy atom. The van der Waals surface area contributed by atoms with Gasteiger partial charge in [0.1, 0.15) is 6.04 Å². The summed E-state index contributed by atoms with van der Waals surface area (Å²) in [5, 5.41) is 6.36. The predicted octanol–water partition coefficient (Wildman–Crippen LogP) is 2.58. The van der Waals surface area contributed by atoms with Crippen LogP contribution in [0.15, 0.2) is 24.3 Å². The number of aryl methyl sites for hydroxylation is 1. The number of hydrogen-bond acceptors (Lipinski definition) is 2. The molecule has 0 spiro atoms. The van der Waals surface area contributed by atoms with Gasteiger partial charge in [-0.1, -0.05) is 38.5 Å². The van der Waals surface area contributed by atoms with E-state index in [-0.39, 0.29) is 11.9 Å². The number of benzene rings is 1. The predicted molar refractivity (Wildman–Crippen MR) is 74.6 cm³/mol. The van der Waals surface area contributed by atoms with E-state index in [0.717, 1.165) is 31.5 Å². The molecule has 0 aliphatic carbocycles. The summed E-state index contributed by atoms with van der Waals surface area (Å²) >= 11 is 0. The fourth-order valence-electron chi connectivity index (χ4n) is 2.18. The van der Waals surface area contributed by atoms with Gasteiger partial charge < -0.3 is 10.6 Å². The van der Waals surface area contributed by atoms with Crippen LogP contribution in [0.25, 0.3) is 0 Å². The summed E-state index contributed by atoms with van der Waals surface area (Å²) in [5.41, 5.74) is 2.41. The lowest BCUT2D eigenvalue weighted by Crippen LogP contribution is -2.43. The molecule has 1 aromatic carbocycles. The average Bonchev–Trinajstić information content (AvgIpc) is 2.43. The first-order valence-corrected chi connectivity index (χ1v) is 6.83. The summed E-state index contributed by atoms with van der Waals surface area (Å²) in [7, 11) is 0. The Balaban J connectivity index is 1.90. The van der Waals surface area contributed by atoms with Gasteiger partial charge in [-0.25, -0.2) is 0 Å². The fraction of sp³-hybridized carbons (Fsp3) is 0.533. The summed E-state index contributed by atoms with van der Waals surface area (Å²) in [5.74, 6) is 0.676. The molecule has 0 aromatic heterocycles. The summed E-state index contributed by atoms with van der Waals surface area (Å²) < 4.78 is 0. The molecule has 1 amide bonds. The number of rotatable bonds is 4. The van der Waals surface area contributed by atoms with Crippen LogP contribution in [-0.4, -0.2) is 18.5 Å². The van der Waals surface area contributed by atoms with E-state index in [0.29, 0.717) is 5.92 Å². The smallest absolute Gasteiger partial charge is 0.242 e. The third-order valence-corrected chi connectivity index (χ3v) is 3.69. The molecule has 0 saturated carbocycles. The number of carbonyl (C=O) groups is 1. The summed E-state index contributed by atoms with van der Waals surface area (Å²) in [6, 6.07) is 8.14. The zero-order valence-corrected chi connectivity index (χ0v) is 11.2. The number of nitrogens with one attached hydrogen (secondary N) is 2. The van der Waals surface area contributed by atoms with E-state index in [1.165, 1.54) is 5.56 Å². The monoisotopic (exact) mass is 246 g/mol. The molecular formula is C15H22N2O. The Bertz CT molecular complexity index is 417. The SMILES string of the molecule is CCC(C)CNC(=O)C1CCc2ccccc2N1. The van der Waals surface area contributed by atoms with E-state index in [1.807, 2.05) is 18.2 Å². The number of fused-ring (bicyclic) bond motifs is 1. The topological polar surface area (TPSA) is 41.1 Å². The lowest BCUT2D eigenvalue weighted by atomic mass is 9.97. The first kappa shape index (κ1) is 12.9. The molecular weight excluding hydrogens is 224 g/mol. The highest BCUT2D eigenvalue weighted by Gasteiger charge is 2.23. The van der Waals surface area contributed by atoms with Gasteiger partial charge in [0.25, 0.3) is 0 Å². The molecule has 1 aromatic rings. The maximum Gasteiger partial charge on any atom is 0.242 e. The molecule has 2 atom stereocenters. The van der Waals surface area contributed by atoms with Gasteiger partial charge in [0.2, 0.25) is 5.91 Å². The molecule has 98 valence electrons. The van der Waals surface area contributed by atoms with Crippen molar-refractivity contribution in [3.63, 3.8) is 0 Å². The third-order valence-electron chi connectivity index (χ3n) is 3.69. The van der Waals surface area contributed by atoms with Crippen LogP contribution in [0.2, 0.25) is 0 Å². The van der Waals surface area contributed by atoms with Crippen molar-refractivity contribution in [3.05, 3.63) is 29.8 Å². The Labute approximate surface area is 109 Å². The first-order valence-electron chi connectivity index (χ1n) is 6.83. The lowest BCUT2D eigenvalue weighted by Gasteiger charge is -2.26. The number of hydrogen-bond donors (Lipinski definition) is 2. The summed E-state index contributed by atoms with van der Waals surface area (Å²) in [4.78, 5) is 12.1. The number of anilines is 1. The Kier molecular flexibility index (Phi) is 4.24. The fourth-order valence-corrected chi connectivity index (χ4v) is 2.18. The largest absolute Gasteiger partial charge is 0.373 e. The second kappa shape index (κ2) is 5.89. The average molecular weight is 246 g/mol. The minimum absolute atomic E-state index is 0.0797. The number of carbonyl (C=O) groups excluding carboxylic acids is 1. The molecule has 0 bridgehead atoms. The van der Waals surface area contributed by atoms with Crippen LogP contribution >= 0.6 is 0 Å². The number of para-hydroxylation sites is 1. The van der Waals surface area contributed by atoms with Crippen LogP contribution in [-0.2, 0) is 11.2 Å². The molecule has 1 heterocycles. The minimum atomic E-state index is -0.0797. The molecule has 2 rings (SSSR count). The molecule has 1 aliphatic heterocycles. The van der Waals surface area contributed by atoms with Crippen molar-refractivity contribution in [3.8, 4) is 0 Å². The van der Waals surface area contributed by atoms with Gasteiger partial charge in [0, 0.05) is 12.2 Å². The summed E-state index contributed by atoms with van der Waals surface area (Å²) in [6.07, 6.45) is 2.95. The van der Waals surface area contributed by atoms with Crippen LogP contribution in [0, 0.1) is 5.92 Å². The first-order chi connectivity index (χ1) is 8.70. The summed E-state index contributed by atoms with van der Waals surface area (Å²) in [6.45, 7) is 5.07. The van der Waals surface area contributed by atoms with Crippen molar-refractivity contribution in [1.82, 2.24) is 5.32 Å². The molecule has 2 N–H and O–H groups in total. The van der Waals surface area contributed by atoms with Crippen molar-refractivity contribution in [2.24, 2.45) is 5.92 Å². The molecule has 3 heteroatoms. The highest BCUT2D eigenvalue weighted by Crippen LogP contribution is 2.24. The van der Waals surface area contributed by atoms with Gasteiger partial charge in [-0.05, 0) is 30.4 Å². The molecule has 2 unspecified atom stereocenters. The highest BCUT2D eigenvalue weighted by molar-refractivity contribution is 5.85. The number of amides is 1. The van der Waals surface area contributed by atoms with Crippen LogP contribution in [0.4, 0.5) is 5.69 Å². The quantitative estimate of drug-likeness (QED) is 0.857. The normalized spacial score (nSPS) is 19.6. The zero-order chi connectivity index (χ0) is 13.0. The van der Waals surface area contributed by atoms with Crippen LogP contribution < -0.4 is 10.6 Å². The standard InChI is InChI=1S/C15H22N2O/c1-3-11(2)10-16-15(18)14-9-8-12-6-4-5-7-13(12)17-14/h4-7,11,14,17H,3,8-10H2,1-2H3,(H,16,18). The maximum absolute atomic E-state index is 12.1. The third kappa shape index (κ3) is 3.03. The van der Waals surface area contributed by atoms with Crippen molar-refractivity contribution >= 4 is 11.6 Å². The van der Waals surface area contributed by atoms with E-state index in [1.54, 1.807) is 0 Å². The van der Waals surface area contributed by atoms with E-state index in [4.69, 9.17) is 0 Å². The molecule has 1 aliphatic rings. The van der Waals surface area contributed by atoms with Gasteiger partial charge >= 0.3 is 0 Å². The second-order valence-electron chi connectivity index (χ2n) is 5.15. The van der Waals surface area contributed by atoms with E-state index in [9.17, 15) is 4.79 Å². The maximum atomic E-state index is 12.1. The molecule has 18 heavy (non-hydrogen) atoms. The minimum Gasteiger partial charge on any atom is -0.373 e. The van der Waals surface area contributed by atoms with Gasteiger partial charge in [-0.15, -0.1) is 0 Å². The van der Waals surface area contributed by atoms with Crippen molar-refractivity contribution in [2.75, 3.05) is 11.9 Å². The van der Waals surface area contributed by atoms with Crippen LogP contribution in [0.3, 0.4) is 0 Å². The van der Waals surface area contributed by atoms with Crippen LogP contribution in [0.5, 0.6) is 0 Å². The van der Waals surface area contributed by atoms with Gasteiger partial charge in [0.15, 0.2) is 0 Å². The zero-order valence-electron chi connectivity index (χ0n) is 11.2. The van der Waals surface area contributed by atoms with Gasteiger partial charge in [0.05, 0.1) is 0 Å². The van der Waals surface area contributed by atoms with Gasteiger partial charge in [-0.2, -0.15) is 0 Å². The van der Waals surface area contributed by atoms with Crippen molar-refractivity contribution in [1.29, 1.82) is 0 Å². The highest BCUT2D eigenvalue weighted by atomic mass is 16.2. The lowest BCUT2D eigenvalue weighted by molar-refractivity contribution is -0.122. The Hall–Kier alpha value is -1.51. The Morgan fingerprint density at radius 3 is 3.06 bits per heavy atom. The second-order valence-corrected chi connectivity index (χ2v) is 5.15. The molecule has 3 nitrogen and oxygen atoms in total. The molecule has 0 saturated heterocycles. The molecule has 0 radical (unpaired) electrons. The van der Waals surface area contributed by atoms with E-state index >= 15 is 0 Å².